The zero-order valence-corrected chi connectivity index (χ0v) is 32.3. The van der Waals surface area contributed by atoms with E-state index in [0.29, 0.717) is 25.5 Å². The van der Waals surface area contributed by atoms with E-state index in [0.717, 1.165) is 51.6 Å². The highest BCUT2D eigenvalue weighted by atomic mass is 16.2. The van der Waals surface area contributed by atoms with Gasteiger partial charge in [-0.05, 0) is 32.1 Å². The van der Waals surface area contributed by atoms with Crippen molar-refractivity contribution in [1.82, 2.24) is 15.5 Å². The van der Waals surface area contributed by atoms with Gasteiger partial charge < -0.3 is 21.7 Å². The number of hydrogen-bond donors (Lipinski definition) is 6. The number of guanidine groups is 1. The Balaban J connectivity index is 4.39. The van der Waals surface area contributed by atoms with Gasteiger partial charge in [-0.3, -0.25) is 25.6 Å². The molecule has 0 saturated carbocycles. The fraction of sp³-hybridized carbons (Fsp3) is 0.923. The van der Waals surface area contributed by atoms with Crippen LogP contribution in [-0.2, 0) is 9.59 Å². The number of nitrogens with two attached hydrogens (primary N) is 1. The third-order valence-corrected chi connectivity index (χ3v) is 9.69. The SMILES string of the molecule is CCCCCCCCCCCCCCN(CCCCCCCCCCCC)C(=O)C([NH3+])CCCCNC(=O)C([NH3+])CCCNC(N)=[NH+]C. The maximum absolute atomic E-state index is 13.5. The highest BCUT2D eigenvalue weighted by Crippen LogP contribution is 2.14. The van der Waals surface area contributed by atoms with Crippen LogP contribution in [0.25, 0.3) is 0 Å². The lowest BCUT2D eigenvalue weighted by Gasteiger charge is -2.24. The van der Waals surface area contributed by atoms with Gasteiger partial charge in [-0.25, -0.2) is 0 Å². The fourth-order valence-corrected chi connectivity index (χ4v) is 6.31. The molecule has 48 heavy (non-hydrogen) atoms. The van der Waals surface area contributed by atoms with Crippen LogP contribution in [0, 0.1) is 0 Å². The predicted molar refractivity (Wildman–Crippen MR) is 203 cm³/mol. The normalized spacial score (nSPS) is 13.0. The van der Waals surface area contributed by atoms with Crippen molar-refractivity contribution in [3.05, 3.63) is 0 Å². The Labute approximate surface area is 297 Å². The summed E-state index contributed by atoms with van der Waals surface area (Å²) >= 11 is 0. The summed E-state index contributed by atoms with van der Waals surface area (Å²) in [6, 6.07) is -0.486. The average molecular weight is 683 g/mol. The van der Waals surface area contributed by atoms with Crippen molar-refractivity contribution >= 4 is 17.8 Å². The van der Waals surface area contributed by atoms with E-state index in [-0.39, 0.29) is 23.9 Å². The van der Waals surface area contributed by atoms with Crippen LogP contribution in [0.5, 0.6) is 0 Å². The molecule has 0 heterocycles. The molecule has 0 saturated heterocycles. The first-order valence-corrected chi connectivity index (χ1v) is 20.6. The largest absolute Gasteiger partial charge is 0.351 e. The van der Waals surface area contributed by atoms with Gasteiger partial charge in [0.1, 0.15) is 0 Å². The molecule has 0 aromatic rings. The van der Waals surface area contributed by atoms with Crippen molar-refractivity contribution in [2.24, 2.45) is 5.73 Å². The van der Waals surface area contributed by atoms with Crippen molar-refractivity contribution < 1.29 is 26.0 Å². The van der Waals surface area contributed by atoms with Crippen molar-refractivity contribution in [2.75, 3.05) is 33.2 Å². The van der Waals surface area contributed by atoms with Gasteiger partial charge in [-0.15, -0.1) is 0 Å². The molecule has 0 aliphatic heterocycles. The zero-order chi connectivity index (χ0) is 35.5. The van der Waals surface area contributed by atoms with Gasteiger partial charge in [0.05, 0.1) is 13.6 Å². The van der Waals surface area contributed by atoms with E-state index in [1.165, 1.54) is 128 Å². The number of hydrogen-bond acceptors (Lipinski definition) is 2. The van der Waals surface area contributed by atoms with Crippen LogP contribution in [0.15, 0.2) is 0 Å². The summed E-state index contributed by atoms with van der Waals surface area (Å²) in [6.45, 7) is 7.62. The molecule has 0 aromatic carbocycles. The quantitative estimate of drug-likeness (QED) is 0.0334. The number of unbranched alkanes of at least 4 members (excludes halogenated alkanes) is 21. The van der Waals surface area contributed by atoms with Crippen LogP contribution in [0.4, 0.5) is 0 Å². The molecule has 0 bridgehead atoms. The zero-order valence-electron chi connectivity index (χ0n) is 32.3. The average Bonchev–Trinajstić information content (AvgIpc) is 3.09. The highest BCUT2D eigenvalue weighted by molar-refractivity contribution is 5.80. The molecule has 0 spiro atoms. The Bertz CT molecular complexity index is 765. The standard InChI is InChI=1S/C39H81N7O2/c1-4-6-8-10-12-14-16-17-19-21-23-27-34-46(33-26-22-20-18-15-13-11-9-7-5-2)38(48)36(41)29-24-25-31-44-37(47)35(40)30-28-32-45-39(42)43-3/h35-36H,4-34,40-41H2,1-3H3,(H,44,47)(H3,42,43,45)/p+3. The van der Waals surface area contributed by atoms with Crippen molar-refractivity contribution in [3.8, 4) is 0 Å². The third kappa shape index (κ3) is 29.1. The van der Waals surface area contributed by atoms with Gasteiger partial charge in [0.2, 0.25) is 0 Å². The summed E-state index contributed by atoms with van der Waals surface area (Å²) in [5, 5.41) is 6.08. The van der Waals surface area contributed by atoms with Crippen molar-refractivity contribution in [2.45, 2.75) is 199 Å². The van der Waals surface area contributed by atoms with Crippen LogP contribution in [0.2, 0.25) is 0 Å². The molecule has 0 fully saturated rings. The molecule has 0 rings (SSSR count). The van der Waals surface area contributed by atoms with Crippen molar-refractivity contribution in [3.63, 3.8) is 0 Å². The van der Waals surface area contributed by atoms with E-state index in [1.807, 2.05) is 0 Å². The van der Waals surface area contributed by atoms with E-state index in [9.17, 15) is 9.59 Å². The van der Waals surface area contributed by atoms with E-state index >= 15 is 0 Å². The molecule has 2 atom stereocenters. The number of quaternary nitrogens is 2. The van der Waals surface area contributed by atoms with Crippen LogP contribution < -0.4 is 32.8 Å². The van der Waals surface area contributed by atoms with E-state index in [4.69, 9.17) is 5.73 Å². The molecular weight excluding hydrogens is 598 g/mol. The maximum Gasteiger partial charge on any atom is 0.340 e. The van der Waals surface area contributed by atoms with E-state index in [2.05, 4.69) is 45.8 Å². The lowest BCUT2D eigenvalue weighted by atomic mass is 10.0. The second kappa shape index (κ2) is 35.0. The number of amides is 2. The Hall–Kier alpha value is -1.87. The molecule has 9 nitrogen and oxygen atoms in total. The Kier molecular flexibility index (Phi) is 33.6. The maximum atomic E-state index is 13.5. The number of carbonyl (C=O) groups excluding carboxylic acids is 2. The minimum absolute atomic E-state index is 0.00658. The summed E-state index contributed by atoms with van der Waals surface area (Å²) < 4.78 is 0. The van der Waals surface area contributed by atoms with E-state index in [1.54, 1.807) is 7.05 Å². The molecule has 11 N–H and O–H groups in total. The summed E-state index contributed by atoms with van der Waals surface area (Å²) in [6.07, 6.45) is 33.1. The topological polar surface area (TPSA) is 157 Å². The smallest absolute Gasteiger partial charge is 0.340 e. The first kappa shape index (κ1) is 46.1. The second-order valence-corrected chi connectivity index (χ2v) is 14.3. The minimum Gasteiger partial charge on any atom is -0.351 e. The van der Waals surface area contributed by atoms with Gasteiger partial charge >= 0.3 is 5.96 Å². The molecule has 0 aliphatic rings. The Morgan fingerprint density at radius 1 is 0.562 bits per heavy atom. The molecule has 284 valence electrons. The van der Waals surface area contributed by atoms with Crippen LogP contribution >= 0.6 is 0 Å². The molecule has 0 radical (unpaired) electrons. The number of nitrogens with zero attached hydrogens (tertiary/aromatic N) is 1. The lowest BCUT2D eigenvalue weighted by Crippen LogP contribution is -2.74. The minimum atomic E-state index is -0.274. The molecule has 0 aromatic heterocycles. The third-order valence-electron chi connectivity index (χ3n) is 9.69. The summed E-state index contributed by atoms with van der Waals surface area (Å²) in [7, 11) is 1.77. The van der Waals surface area contributed by atoms with Gasteiger partial charge in [-0.2, -0.15) is 0 Å². The monoisotopic (exact) mass is 683 g/mol. The summed E-state index contributed by atoms with van der Waals surface area (Å²) in [4.78, 5) is 30.9. The van der Waals surface area contributed by atoms with Crippen LogP contribution in [0.3, 0.4) is 0 Å². The molecule has 2 amide bonds. The first-order chi connectivity index (χ1) is 23.4. The molecular formula is C39H84N7O2+3. The van der Waals surface area contributed by atoms with E-state index < -0.39 is 0 Å². The molecule has 0 aliphatic carbocycles. The van der Waals surface area contributed by atoms with Crippen LogP contribution in [-0.4, -0.2) is 68.0 Å². The predicted octanol–water partition coefficient (Wildman–Crippen LogP) is 4.34. The summed E-state index contributed by atoms with van der Waals surface area (Å²) in [5.41, 5.74) is 14.0. The highest BCUT2D eigenvalue weighted by Gasteiger charge is 2.23. The Morgan fingerprint density at radius 2 is 0.958 bits per heavy atom. The van der Waals surface area contributed by atoms with Gasteiger partial charge in [0.25, 0.3) is 11.8 Å². The van der Waals surface area contributed by atoms with Gasteiger partial charge in [-0.1, -0.05) is 142 Å². The summed E-state index contributed by atoms with van der Waals surface area (Å²) in [5.74, 6) is 0.752. The number of carbonyl (C=O) groups is 2. The van der Waals surface area contributed by atoms with Gasteiger partial charge in [0.15, 0.2) is 12.1 Å². The second-order valence-electron chi connectivity index (χ2n) is 14.3. The lowest BCUT2D eigenvalue weighted by molar-refractivity contribution is -0.423. The van der Waals surface area contributed by atoms with Crippen molar-refractivity contribution in [1.29, 1.82) is 0 Å². The number of nitrogens with one attached hydrogen (secondary N) is 3. The van der Waals surface area contributed by atoms with Crippen LogP contribution in [0.1, 0.15) is 187 Å². The van der Waals surface area contributed by atoms with Gasteiger partial charge in [0, 0.05) is 32.5 Å². The fourth-order valence-electron chi connectivity index (χ4n) is 6.31. The molecule has 9 heteroatoms. The Morgan fingerprint density at radius 3 is 1.40 bits per heavy atom. The first-order valence-electron chi connectivity index (χ1n) is 20.6. The molecule has 2 unspecified atom stereocenters. The number of rotatable bonds is 35.